The minimum Gasteiger partial charge on any atom is -0.0805 e. The quantitative estimate of drug-likeness (QED) is 0.124. The summed E-state index contributed by atoms with van der Waals surface area (Å²) in [7, 11) is -2.45. The standard InChI is InChI=1S/C39H52Si/c1-5-9-14-32-20-26-36(27-21-32)40(39-19-13-18-35(39)17-12-8-4,37-28-22-33(23-29-37)15-10-6-2)38-30-24-34(25-31-38)16-11-7-3/h13,18,20-31H,5-12,14-17,19H2,1-4H3. The van der Waals surface area contributed by atoms with Crippen LogP contribution in [0.25, 0.3) is 0 Å². The van der Waals surface area contributed by atoms with Crippen LogP contribution in [-0.4, -0.2) is 8.07 Å². The van der Waals surface area contributed by atoms with Gasteiger partial charge in [-0.2, -0.15) is 0 Å². The van der Waals surface area contributed by atoms with Gasteiger partial charge in [-0.15, -0.1) is 0 Å². The Morgan fingerprint density at radius 2 is 0.825 bits per heavy atom. The molecule has 0 saturated heterocycles. The zero-order valence-electron chi connectivity index (χ0n) is 25.8. The number of unbranched alkanes of at least 4 members (excludes halogenated alkanes) is 4. The Bertz CT molecular complexity index is 1100. The molecule has 1 aliphatic rings. The molecule has 0 aromatic heterocycles. The summed E-state index contributed by atoms with van der Waals surface area (Å²) in [6.45, 7) is 9.19. The van der Waals surface area contributed by atoms with Gasteiger partial charge in [0.05, 0.1) is 0 Å². The summed E-state index contributed by atoms with van der Waals surface area (Å²) in [5, 5.41) is 6.35. The molecule has 0 radical (unpaired) electrons. The van der Waals surface area contributed by atoms with Gasteiger partial charge in [0.25, 0.3) is 0 Å². The second kappa shape index (κ2) is 15.4. The van der Waals surface area contributed by atoms with Crippen LogP contribution in [0.1, 0.15) is 109 Å². The Labute approximate surface area is 246 Å². The second-order valence-electron chi connectivity index (χ2n) is 11.9. The van der Waals surface area contributed by atoms with Gasteiger partial charge in [0.15, 0.2) is 8.07 Å². The average Bonchev–Trinajstić information content (AvgIpc) is 3.47. The number of rotatable bonds is 16. The first-order valence-corrected chi connectivity index (χ1v) is 18.3. The fraction of sp³-hybridized carbons (Fsp3) is 0.436. The molecule has 0 nitrogen and oxygen atoms in total. The smallest absolute Gasteiger partial charge is 0.0805 e. The summed E-state index contributed by atoms with van der Waals surface area (Å²) in [4.78, 5) is 0. The van der Waals surface area contributed by atoms with E-state index in [-0.39, 0.29) is 0 Å². The summed E-state index contributed by atoms with van der Waals surface area (Å²) in [6.07, 6.45) is 20.7. The Morgan fingerprint density at radius 3 is 1.18 bits per heavy atom. The zero-order chi connectivity index (χ0) is 28.2. The van der Waals surface area contributed by atoms with Crippen molar-refractivity contribution in [3.05, 3.63) is 112 Å². The van der Waals surface area contributed by atoms with E-state index in [0.717, 1.165) is 6.42 Å². The maximum absolute atomic E-state index is 2.51. The fourth-order valence-electron chi connectivity index (χ4n) is 6.48. The van der Waals surface area contributed by atoms with Gasteiger partial charge in [-0.3, -0.25) is 0 Å². The molecule has 1 aliphatic carbocycles. The summed E-state index contributed by atoms with van der Waals surface area (Å²) in [5.41, 5.74) is 6.03. The van der Waals surface area contributed by atoms with Crippen molar-refractivity contribution in [1.82, 2.24) is 0 Å². The van der Waals surface area contributed by atoms with Crippen LogP contribution >= 0.6 is 0 Å². The first kappa shape index (κ1) is 30.3. The van der Waals surface area contributed by atoms with Crippen molar-refractivity contribution in [2.75, 3.05) is 0 Å². The van der Waals surface area contributed by atoms with E-state index in [1.165, 1.54) is 93.7 Å². The molecular formula is C39H52Si. The number of hydrogen-bond donors (Lipinski definition) is 0. The highest BCUT2D eigenvalue weighted by Crippen LogP contribution is 2.32. The van der Waals surface area contributed by atoms with E-state index in [9.17, 15) is 0 Å². The lowest BCUT2D eigenvalue weighted by Crippen LogP contribution is -2.68. The molecule has 1 heteroatoms. The van der Waals surface area contributed by atoms with Gasteiger partial charge >= 0.3 is 0 Å². The SMILES string of the molecule is CCCCC1=C([Si](c2ccc(CCCC)cc2)(c2ccc(CCCC)cc2)c2ccc(CCCC)cc2)CC=C1. The molecule has 0 unspecified atom stereocenters. The lowest BCUT2D eigenvalue weighted by atomic mass is 10.1. The first-order chi connectivity index (χ1) is 19.7. The third kappa shape index (κ3) is 6.97. The fourth-order valence-corrected chi connectivity index (χ4v) is 11.6. The van der Waals surface area contributed by atoms with Crippen molar-refractivity contribution in [1.29, 1.82) is 0 Å². The van der Waals surface area contributed by atoms with E-state index in [1.54, 1.807) is 26.3 Å². The van der Waals surface area contributed by atoms with Crippen molar-refractivity contribution in [2.24, 2.45) is 0 Å². The predicted octanol–water partition coefficient (Wildman–Crippen LogP) is 9.17. The van der Waals surface area contributed by atoms with E-state index in [2.05, 4.69) is 113 Å². The lowest BCUT2D eigenvalue weighted by Gasteiger charge is -2.37. The van der Waals surface area contributed by atoms with Crippen LogP contribution in [-0.2, 0) is 19.3 Å². The third-order valence-corrected chi connectivity index (χ3v) is 13.9. The molecule has 0 saturated carbocycles. The predicted molar refractivity (Wildman–Crippen MR) is 180 cm³/mol. The van der Waals surface area contributed by atoms with Gasteiger partial charge in [-0.05, 0) is 90.0 Å². The van der Waals surface area contributed by atoms with Crippen LogP contribution in [0.5, 0.6) is 0 Å². The molecule has 0 N–H and O–H groups in total. The molecule has 0 amide bonds. The van der Waals surface area contributed by atoms with E-state index in [0.29, 0.717) is 0 Å². The monoisotopic (exact) mass is 548 g/mol. The molecule has 0 fully saturated rings. The highest BCUT2D eigenvalue weighted by Gasteiger charge is 2.44. The normalized spacial score (nSPS) is 13.4. The Hall–Kier alpha value is -2.64. The highest BCUT2D eigenvalue weighted by atomic mass is 28.3. The van der Waals surface area contributed by atoms with Crippen LogP contribution in [0.2, 0.25) is 0 Å². The molecule has 0 spiro atoms. The Kier molecular flexibility index (Phi) is 11.7. The van der Waals surface area contributed by atoms with E-state index in [4.69, 9.17) is 0 Å². The number of benzene rings is 3. The molecule has 0 atom stereocenters. The van der Waals surface area contributed by atoms with E-state index < -0.39 is 8.07 Å². The van der Waals surface area contributed by atoms with E-state index >= 15 is 0 Å². The summed E-state index contributed by atoms with van der Waals surface area (Å²) in [6, 6.07) is 29.7. The maximum Gasteiger partial charge on any atom is 0.176 e. The van der Waals surface area contributed by atoms with Crippen molar-refractivity contribution < 1.29 is 0 Å². The van der Waals surface area contributed by atoms with Gasteiger partial charge < -0.3 is 0 Å². The minimum atomic E-state index is -2.45. The Balaban J connectivity index is 1.93. The summed E-state index contributed by atoms with van der Waals surface area (Å²) < 4.78 is 0. The van der Waals surface area contributed by atoms with Crippen molar-refractivity contribution in [2.45, 2.75) is 111 Å². The molecule has 212 valence electrons. The Morgan fingerprint density at radius 1 is 0.475 bits per heavy atom. The van der Waals surface area contributed by atoms with Crippen LogP contribution in [0.4, 0.5) is 0 Å². The molecule has 40 heavy (non-hydrogen) atoms. The van der Waals surface area contributed by atoms with E-state index in [1.807, 2.05) is 0 Å². The maximum atomic E-state index is 2.51. The highest BCUT2D eigenvalue weighted by molar-refractivity contribution is 7.16. The van der Waals surface area contributed by atoms with Crippen LogP contribution in [0.15, 0.2) is 95.7 Å². The first-order valence-electron chi connectivity index (χ1n) is 16.3. The molecule has 4 rings (SSSR count). The summed E-state index contributed by atoms with van der Waals surface area (Å²) in [5.74, 6) is 0. The third-order valence-electron chi connectivity index (χ3n) is 8.90. The van der Waals surface area contributed by atoms with Crippen LogP contribution in [0, 0.1) is 0 Å². The van der Waals surface area contributed by atoms with Crippen molar-refractivity contribution in [3.63, 3.8) is 0 Å². The number of aryl methyl sites for hydroxylation is 3. The molecule has 0 bridgehead atoms. The molecular weight excluding hydrogens is 497 g/mol. The zero-order valence-corrected chi connectivity index (χ0v) is 26.8. The molecule has 3 aromatic carbocycles. The van der Waals surface area contributed by atoms with Crippen LogP contribution in [0.3, 0.4) is 0 Å². The van der Waals surface area contributed by atoms with Gasteiger partial charge in [0.1, 0.15) is 0 Å². The molecule has 0 heterocycles. The van der Waals surface area contributed by atoms with Crippen molar-refractivity contribution >= 4 is 23.6 Å². The van der Waals surface area contributed by atoms with Gasteiger partial charge in [-0.1, -0.05) is 149 Å². The van der Waals surface area contributed by atoms with Gasteiger partial charge in [0, 0.05) is 0 Å². The molecule has 3 aromatic rings. The van der Waals surface area contributed by atoms with Gasteiger partial charge in [0.2, 0.25) is 0 Å². The second-order valence-corrected chi connectivity index (χ2v) is 15.7. The average molecular weight is 549 g/mol. The van der Waals surface area contributed by atoms with Gasteiger partial charge in [-0.25, -0.2) is 0 Å². The largest absolute Gasteiger partial charge is 0.176 e. The van der Waals surface area contributed by atoms with Crippen LogP contribution < -0.4 is 15.6 Å². The topological polar surface area (TPSA) is 0 Å². The van der Waals surface area contributed by atoms with Crippen molar-refractivity contribution in [3.8, 4) is 0 Å². The minimum absolute atomic E-state index is 1.08. The lowest BCUT2D eigenvalue weighted by molar-refractivity contribution is 0.795. The summed E-state index contributed by atoms with van der Waals surface area (Å²) >= 11 is 0. The molecule has 0 aliphatic heterocycles. The number of allylic oxidation sites excluding steroid dienone is 4. The number of hydrogen-bond acceptors (Lipinski definition) is 0.